The molecule has 3 heterocycles. The molecule has 0 aliphatic carbocycles. The molecular weight excluding hydrogens is 330 g/mol. The number of piperidine rings is 1. The molecule has 2 aromatic heterocycles. The number of Topliss-reactive ketones (excluding diaryl/α,β-unsaturated/α-hetero) is 1. The van der Waals surface area contributed by atoms with Crippen LogP contribution in [0.25, 0.3) is 0 Å². The number of aryl methyl sites for hydroxylation is 1. The molecule has 0 aromatic carbocycles. The number of aromatic nitrogens is 3. The van der Waals surface area contributed by atoms with E-state index in [9.17, 15) is 9.59 Å². The van der Waals surface area contributed by atoms with Gasteiger partial charge in [-0.25, -0.2) is 4.98 Å². The standard InChI is InChI=1S/C19H25N5O2/c1-22(12-15-5-3-7-20-11-15)14-17(25)24-9-4-6-16(13-24)18(26)19-21-8-10-23(19)2/h3,5,7-8,10-11,16H,4,6,9,12-14H2,1-2H3/t16-/m0/s1. The maximum Gasteiger partial charge on any atom is 0.236 e. The third-order valence-corrected chi connectivity index (χ3v) is 4.77. The second-order valence-electron chi connectivity index (χ2n) is 6.94. The second kappa shape index (κ2) is 8.23. The Hall–Kier alpha value is -2.54. The monoisotopic (exact) mass is 355 g/mol. The van der Waals surface area contributed by atoms with Gasteiger partial charge in [-0.3, -0.25) is 19.5 Å². The van der Waals surface area contributed by atoms with Gasteiger partial charge in [-0.1, -0.05) is 6.07 Å². The molecule has 1 fully saturated rings. The number of carbonyl (C=O) groups excluding carboxylic acids is 2. The zero-order valence-corrected chi connectivity index (χ0v) is 15.3. The molecule has 1 aliphatic rings. The first-order chi connectivity index (χ1) is 12.5. The molecule has 1 aliphatic heterocycles. The fourth-order valence-corrected chi connectivity index (χ4v) is 3.39. The summed E-state index contributed by atoms with van der Waals surface area (Å²) in [6.07, 6.45) is 8.60. The van der Waals surface area contributed by atoms with Gasteiger partial charge < -0.3 is 9.47 Å². The number of amides is 1. The van der Waals surface area contributed by atoms with Crippen LogP contribution in [0.2, 0.25) is 0 Å². The quantitative estimate of drug-likeness (QED) is 0.732. The number of imidazole rings is 1. The summed E-state index contributed by atoms with van der Waals surface area (Å²) in [7, 11) is 3.74. The van der Waals surface area contributed by atoms with Crippen molar-refractivity contribution in [1.82, 2.24) is 24.3 Å². The highest BCUT2D eigenvalue weighted by molar-refractivity contribution is 5.95. The van der Waals surface area contributed by atoms with E-state index in [1.165, 1.54) is 0 Å². The van der Waals surface area contributed by atoms with E-state index in [4.69, 9.17) is 0 Å². The maximum atomic E-state index is 12.7. The second-order valence-corrected chi connectivity index (χ2v) is 6.94. The average molecular weight is 355 g/mol. The van der Waals surface area contributed by atoms with Crippen molar-refractivity contribution >= 4 is 11.7 Å². The van der Waals surface area contributed by atoms with Crippen LogP contribution in [-0.4, -0.2) is 62.7 Å². The number of carbonyl (C=O) groups is 2. The topological polar surface area (TPSA) is 71.3 Å². The van der Waals surface area contributed by atoms with Gasteiger partial charge in [0.15, 0.2) is 5.82 Å². The van der Waals surface area contributed by atoms with E-state index >= 15 is 0 Å². The highest BCUT2D eigenvalue weighted by Gasteiger charge is 2.30. The number of ketones is 1. The van der Waals surface area contributed by atoms with Crippen LogP contribution in [0.5, 0.6) is 0 Å². The molecule has 2 aromatic rings. The van der Waals surface area contributed by atoms with Crippen molar-refractivity contribution in [1.29, 1.82) is 0 Å². The number of hydrogen-bond acceptors (Lipinski definition) is 5. The van der Waals surface area contributed by atoms with Crippen LogP contribution in [0.1, 0.15) is 29.0 Å². The number of likely N-dealkylation sites (tertiary alicyclic amines) is 1. The first-order valence-electron chi connectivity index (χ1n) is 8.91. The third kappa shape index (κ3) is 4.35. The summed E-state index contributed by atoms with van der Waals surface area (Å²) in [5, 5.41) is 0. The van der Waals surface area contributed by atoms with E-state index in [-0.39, 0.29) is 17.6 Å². The lowest BCUT2D eigenvalue weighted by molar-refractivity contribution is -0.133. The molecule has 0 spiro atoms. The molecule has 26 heavy (non-hydrogen) atoms. The van der Waals surface area contributed by atoms with Gasteiger partial charge in [0.1, 0.15) is 0 Å². The van der Waals surface area contributed by atoms with Crippen LogP contribution in [0, 0.1) is 5.92 Å². The van der Waals surface area contributed by atoms with Crippen LogP contribution in [0.4, 0.5) is 0 Å². The summed E-state index contributed by atoms with van der Waals surface area (Å²) in [5.74, 6) is 0.392. The SMILES string of the molecule is CN(CC(=O)N1CCC[C@H](C(=O)c2nccn2C)C1)Cc1cccnc1. The van der Waals surface area contributed by atoms with Crippen molar-refractivity contribution in [2.45, 2.75) is 19.4 Å². The van der Waals surface area contributed by atoms with Gasteiger partial charge in [0.25, 0.3) is 0 Å². The number of hydrogen-bond donors (Lipinski definition) is 0. The number of nitrogens with zero attached hydrogens (tertiary/aromatic N) is 5. The zero-order valence-electron chi connectivity index (χ0n) is 15.3. The van der Waals surface area contributed by atoms with Gasteiger partial charge in [0.2, 0.25) is 11.7 Å². The van der Waals surface area contributed by atoms with Crippen molar-refractivity contribution in [2.75, 3.05) is 26.7 Å². The minimum absolute atomic E-state index is 0.0266. The molecule has 1 saturated heterocycles. The van der Waals surface area contributed by atoms with Gasteiger partial charge in [-0.15, -0.1) is 0 Å². The molecule has 7 heteroatoms. The first-order valence-corrected chi connectivity index (χ1v) is 8.91. The number of likely N-dealkylation sites (N-methyl/N-ethyl adjacent to an activating group) is 1. The first kappa shape index (κ1) is 18.3. The van der Waals surface area contributed by atoms with Gasteiger partial charge in [-0.05, 0) is 31.5 Å². The molecule has 7 nitrogen and oxygen atoms in total. The van der Waals surface area contributed by atoms with Crippen molar-refractivity contribution < 1.29 is 9.59 Å². The number of pyridine rings is 1. The van der Waals surface area contributed by atoms with E-state index in [1.54, 1.807) is 23.2 Å². The van der Waals surface area contributed by atoms with Gasteiger partial charge in [0.05, 0.1) is 6.54 Å². The summed E-state index contributed by atoms with van der Waals surface area (Å²) in [4.78, 5) is 37.4. The lowest BCUT2D eigenvalue weighted by atomic mass is 9.93. The van der Waals surface area contributed by atoms with Crippen molar-refractivity contribution in [3.05, 3.63) is 48.3 Å². The molecular formula is C19H25N5O2. The van der Waals surface area contributed by atoms with Crippen LogP contribution >= 0.6 is 0 Å². The Morgan fingerprint density at radius 1 is 1.35 bits per heavy atom. The summed E-state index contributed by atoms with van der Waals surface area (Å²) in [6.45, 7) is 2.19. The summed E-state index contributed by atoms with van der Waals surface area (Å²) in [6, 6.07) is 3.89. The highest BCUT2D eigenvalue weighted by atomic mass is 16.2. The fourth-order valence-electron chi connectivity index (χ4n) is 3.39. The third-order valence-electron chi connectivity index (χ3n) is 4.77. The highest BCUT2D eigenvalue weighted by Crippen LogP contribution is 2.20. The molecule has 0 N–H and O–H groups in total. The molecule has 3 rings (SSSR count). The lowest BCUT2D eigenvalue weighted by Gasteiger charge is -2.33. The molecule has 0 bridgehead atoms. The van der Waals surface area contributed by atoms with Crippen LogP contribution in [0.15, 0.2) is 36.9 Å². The Kier molecular flexibility index (Phi) is 5.78. The van der Waals surface area contributed by atoms with Gasteiger partial charge >= 0.3 is 0 Å². The van der Waals surface area contributed by atoms with Crippen LogP contribution in [0.3, 0.4) is 0 Å². The van der Waals surface area contributed by atoms with Gasteiger partial charge in [-0.2, -0.15) is 0 Å². The Bertz CT molecular complexity index is 758. The summed E-state index contributed by atoms with van der Waals surface area (Å²) in [5.41, 5.74) is 1.07. The Morgan fingerprint density at radius 2 is 2.19 bits per heavy atom. The molecule has 0 radical (unpaired) electrons. The average Bonchev–Trinajstić information content (AvgIpc) is 3.08. The van der Waals surface area contributed by atoms with Crippen molar-refractivity contribution in [3.8, 4) is 0 Å². The van der Waals surface area contributed by atoms with Crippen LogP contribution in [-0.2, 0) is 18.4 Å². The smallest absolute Gasteiger partial charge is 0.236 e. The summed E-state index contributed by atoms with van der Waals surface area (Å²) >= 11 is 0. The molecule has 138 valence electrons. The van der Waals surface area contributed by atoms with E-state index < -0.39 is 0 Å². The fraction of sp³-hybridized carbons (Fsp3) is 0.474. The maximum absolute atomic E-state index is 12.7. The number of rotatable bonds is 6. The minimum atomic E-state index is -0.169. The predicted molar refractivity (Wildman–Crippen MR) is 97.4 cm³/mol. The molecule has 0 saturated carbocycles. The molecule has 0 unspecified atom stereocenters. The van der Waals surface area contributed by atoms with Crippen molar-refractivity contribution in [2.24, 2.45) is 13.0 Å². The van der Waals surface area contributed by atoms with E-state index in [2.05, 4.69) is 9.97 Å². The van der Waals surface area contributed by atoms with E-state index in [1.807, 2.05) is 42.2 Å². The van der Waals surface area contributed by atoms with E-state index in [0.717, 1.165) is 18.4 Å². The van der Waals surface area contributed by atoms with E-state index in [0.29, 0.717) is 32.0 Å². The zero-order chi connectivity index (χ0) is 18.5. The Labute approximate surface area is 153 Å². The van der Waals surface area contributed by atoms with Crippen molar-refractivity contribution in [3.63, 3.8) is 0 Å². The van der Waals surface area contributed by atoms with Gasteiger partial charge in [0, 0.05) is 57.4 Å². The Balaban J connectivity index is 1.56. The minimum Gasteiger partial charge on any atom is -0.341 e. The molecule has 1 atom stereocenters. The Morgan fingerprint density at radius 3 is 2.88 bits per heavy atom. The largest absolute Gasteiger partial charge is 0.341 e. The summed E-state index contributed by atoms with van der Waals surface area (Å²) < 4.78 is 1.74. The molecule has 1 amide bonds. The normalized spacial score (nSPS) is 17.5. The predicted octanol–water partition coefficient (Wildman–Crippen LogP) is 1.37. The van der Waals surface area contributed by atoms with Crippen LogP contribution < -0.4 is 0 Å². The lowest BCUT2D eigenvalue weighted by Crippen LogP contribution is -2.46.